The Morgan fingerprint density at radius 2 is 1.79 bits per heavy atom. The van der Waals surface area contributed by atoms with E-state index in [1.807, 2.05) is 59.5 Å². The van der Waals surface area contributed by atoms with Gasteiger partial charge in [-0.05, 0) is 72.9 Å². The Morgan fingerprint density at radius 1 is 1.03 bits per heavy atom. The molecule has 1 aliphatic heterocycles. The summed E-state index contributed by atoms with van der Waals surface area (Å²) in [5.74, 6) is 1.32. The van der Waals surface area contributed by atoms with Gasteiger partial charge in [0.15, 0.2) is 5.11 Å². The molecule has 7 nitrogen and oxygen atoms in total. The molecule has 5 rings (SSSR count). The maximum Gasteiger partial charge on any atom is 0.269 e. The van der Waals surface area contributed by atoms with Crippen LogP contribution in [0.2, 0.25) is 0 Å². The molecular formula is C24H17BrN4O3S. The Bertz CT molecular complexity index is 1310. The molecule has 0 radical (unpaired) electrons. The third-order valence-electron chi connectivity index (χ3n) is 5.48. The molecule has 4 aromatic rings. The van der Waals surface area contributed by atoms with Crippen molar-refractivity contribution >= 4 is 44.6 Å². The van der Waals surface area contributed by atoms with Crippen molar-refractivity contribution in [1.29, 1.82) is 0 Å². The number of benzene rings is 2. The van der Waals surface area contributed by atoms with Crippen LogP contribution in [0.1, 0.15) is 23.5 Å². The fourth-order valence-corrected chi connectivity index (χ4v) is 4.55. The Labute approximate surface area is 203 Å². The second-order valence-corrected chi connectivity index (χ2v) is 8.78. The van der Waals surface area contributed by atoms with E-state index in [1.54, 1.807) is 18.3 Å². The van der Waals surface area contributed by atoms with Gasteiger partial charge >= 0.3 is 0 Å². The zero-order chi connectivity index (χ0) is 22.9. The predicted octanol–water partition coefficient (Wildman–Crippen LogP) is 6.19. The van der Waals surface area contributed by atoms with Gasteiger partial charge in [-0.1, -0.05) is 22.0 Å². The highest BCUT2D eigenvalue weighted by atomic mass is 79.9. The van der Waals surface area contributed by atoms with Gasteiger partial charge in [-0.15, -0.1) is 0 Å². The highest BCUT2D eigenvalue weighted by molar-refractivity contribution is 9.10. The third-order valence-corrected chi connectivity index (χ3v) is 6.33. The van der Waals surface area contributed by atoms with E-state index in [0.29, 0.717) is 16.6 Å². The number of furan rings is 1. The summed E-state index contributed by atoms with van der Waals surface area (Å²) in [7, 11) is 0. The molecule has 0 amide bonds. The molecule has 0 aliphatic carbocycles. The lowest BCUT2D eigenvalue weighted by Crippen LogP contribution is -2.29. The van der Waals surface area contributed by atoms with Crippen LogP contribution in [0.15, 0.2) is 93.9 Å². The van der Waals surface area contributed by atoms with Crippen LogP contribution in [0.5, 0.6) is 0 Å². The number of nitrogens with one attached hydrogen (secondary N) is 1. The number of pyridine rings is 1. The predicted molar refractivity (Wildman–Crippen MR) is 133 cm³/mol. The van der Waals surface area contributed by atoms with Crippen LogP contribution in [0, 0.1) is 10.1 Å². The lowest BCUT2D eigenvalue weighted by atomic mass is 10.0. The minimum atomic E-state index is -0.421. The number of hydrogen-bond donors (Lipinski definition) is 1. The summed E-state index contributed by atoms with van der Waals surface area (Å²) in [6, 6.07) is 23.3. The molecule has 0 spiro atoms. The molecule has 9 heteroatoms. The number of aromatic nitrogens is 1. The van der Waals surface area contributed by atoms with E-state index in [1.165, 1.54) is 12.1 Å². The minimum Gasteiger partial charge on any atom is -0.459 e. The van der Waals surface area contributed by atoms with E-state index >= 15 is 0 Å². The van der Waals surface area contributed by atoms with E-state index in [-0.39, 0.29) is 17.8 Å². The first-order valence-electron chi connectivity index (χ1n) is 10.1. The second-order valence-electron chi connectivity index (χ2n) is 7.48. The van der Waals surface area contributed by atoms with Crippen LogP contribution in [0.4, 0.5) is 11.4 Å². The van der Waals surface area contributed by atoms with Crippen molar-refractivity contribution < 1.29 is 9.34 Å². The number of rotatable bonds is 5. The van der Waals surface area contributed by atoms with Gasteiger partial charge in [-0.2, -0.15) is 0 Å². The molecule has 0 bridgehead atoms. The molecule has 2 aromatic heterocycles. The van der Waals surface area contributed by atoms with Gasteiger partial charge in [-0.25, -0.2) is 0 Å². The molecule has 2 aromatic carbocycles. The highest BCUT2D eigenvalue weighted by Gasteiger charge is 2.42. The molecule has 1 fully saturated rings. The van der Waals surface area contributed by atoms with E-state index < -0.39 is 4.92 Å². The summed E-state index contributed by atoms with van der Waals surface area (Å²) in [6.45, 7) is 0. The average molecular weight is 521 g/mol. The summed E-state index contributed by atoms with van der Waals surface area (Å²) in [5.41, 5.74) is 2.56. The van der Waals surface area contributed by atoms with E-state index in [4.69, 9.17) is 16.6 Å². The Kier molecular flexibility index (Phi) is 5.65. The fourth-order valence-electron chi connectivity index (χ4n) is 3.94. The maximum atomic E-state index is 11.0. The van der Waals surface area contributed by atoms with Crippen molar-refractivity contribution in [2.45, 2.75) is 12.1 Å². The molecule has 1 N–H and O–H groups in total. The molecular weight excluding hydrogens is 504 g/mol. The van der Waals surface area contributed by atoms with Crippen molar-refractivity contribution in [2.75, 3.05) is 4.90 Å². The first-order valence-corrected chi connectivity index (χ1v) is 11.3. The molecule has 0 saturated carbocycles. The quantitative estimate of drug-likeness (QED) is 0.191. The van der Waals surface area contributed by atoms with Crippen LogP contribution in [0.3, 0.4) is 0 Å². The number of non-ortho nitro benzene ring substituents is 1. The molecule has 164 valence electrons. The van der Waals surface area contributed by atoms with Crippen LogP contribution in [-0.4, -0.2) is 15.0 Å². The van der Waals surface area contributed by atoms with Crippen LogP contribution >= 0.6 is 28.1 Å². The summed E-state index contributed by atoms with van der Waals surface area (Å²) in [5, 5.41) is 14.9. The summed E-state index contributed by atoms with van der Waals surface area (Å²) >= 11 is 9.20. The maximum absolute atomic E-state index is 11.0. The summed E-state index contributed by atoms with van der Waals surface area (Å²) in [4.78, 5) is 17.1. The Hall–Kier alpha value is -3.56. The first-order chi connectivity index (χ1) is 16.0. The lowest BCUT2D eigenvalue weighted by molar-refractivity contribution is -0.384. The molecule has 3 heterocycles. The molecule has 1 saturated heterocycles. The van der Waals surface area contributed by atoms with Gasteiger partial charge < -0.3 is 14.6 Å². The average Bonchev–Trinajstić information content (AvgIpc) is 3.45. The minimum absolute atomic E-state index is 0.0347. The third kappa shape index (κ3) is 4.12. The summed E-state index contributed by atoms with van der Waals surface area (Å²) in [6.07, 6.45) is 1.75. The van der Waals surface area contributed by atoms with Crippen molar-refractivity contribution in [3.05, 3.63) is 111 Å². The number of anilines is 1. The SMILES string of the molecule is O=[N+]([O-])c1ccc(-c2ccc([C@H]3[C@@H](c4ccccn4)NC(=S)N3c3ccc(Br)cc3)o2)cc1. The number of nitrogens with zero attached hydrogens (tertiary/aromatic N) is 3. The van der Waals surface area contributed by atoms with Crippen molar-refractivity contribution in [1.82, 2.24) is 10.3 Å². The molecule has 2 atom stereocenters. The van der Waals surface area contributed by atoms with Gasteiger partial charge in [0.2, 0.25) is 0 Å². The van der Waals surface area contributed by atoms with Crippen LogP contribution < -0.4 is 10.2 Å². The highest BCUT2D eigenvalue weighted by Crippen LogP contribution is 2.43. The monoisotopic (exact) mass is 520 g/mol. The van der Waals surface area contributed by atoms with Crippen molar-refractivity contribution in [2.24, 2.45) is 0 Å². The zero-order valence-corrected chi connectivity index (χ0v) is 19.5. The number of nitro groups is 1. The largest absolute Gasteiger partial charge is 0.459 e. The number of thiocarbonyl (C=S) groups is 1. The van der Waals surface area contributed by atoms with E-state index in [2.05, 4.69) is 26.2 Å². The molecule has 1 aliphatic rings. The fraction of sp³-hybridized carbons (Fsp3) is 0.0833. The second kappa shape index (κ2) is 8.76. The van der Waals surface area contributed by atoms with Gasteiger partial charge in [0, 0.05) is 34.1 Å². The van der Waals surface area contributed by atoms with E-state index in [9.17, 15) is 10.1 Å². The van der Waals surface area contributed by atoms with Gasteiger partial charge in [0.1, 0.15) is 17.6 Å². The summed E-state index contributed by atoms with van der Waals surface area (Å²) < 4.78 is 7.25. The molecule has 33 heavy (non-hydrogen) atoms. The van der Waals surface area contributed by atoms with E-state index in [0.717, 1.165) is 21.4 Å². The van der Waals surface area contributed by atoms with Crippen molar-refractivity contribution in [3.63, 3.8) is 0 Å². The lowest BCUT2D eigenvalue weighted by Gasteiger charge is -2.26. The topological polar surface area (TPSA) is 84.4 Å². The zero-order valence-electron chi connectivity index (χ0n) is 17.1. The van der Waals surface area contributed by atoms with Gasteiger partial charge in [0.25, 0.3) is 5.69 Å². The first kappa shape index (κ1) is 21.3. The number of halogens is 1. The smallest absolute Gasteiger partial charge is 0.269 e. The van der Waals surface area contributed by atoms with Gasteiger partial charge in [0.05, 0.1) is 16.7 Å². The standard InChI is InChI=1S/C24H17BrN4O3S/c25-16-6-10-17(11-7-16)28-23(22(27-24(28)33)19-3-1-2-14-26-19)21-13-12-20(32-21)15-4-8-18(9-5-15)29(30)31/h1-14,22-23H,(H,27,33)/t22-,23+/m1/s1. The Balaban J connectivity index is 1.56. The normalized spacial score (nSPS) is 17.7. The van der Waals surface area contributed by atoms with Crippen LogP contribution in [0.25, 0.3) is 11.3 Å². The number of hydrogen-bond acceptors (Lipinski definition) is 5. The van der Waals surface area contributed by atoms with Crippen molar-refractivity contribution in [3.8, 4) is 11.3 Å². The molecule has 0 unspecified atom stereocenters. The Morgan fingerprint density at radius 3 is 2.45 bits per heavy atom. The van der Waals surface area contributed by atoms with Crippen LogP contribution in [-0.2, 0) is 0 Å². The number of nitro benzene ring substituents is 1. The van der Waals surface area contributed by atoms with Gasteiger partial charge in [-0.3, -0.25) is 15.1 Å².